The van der Waals surface area contributed by atoms with Crippen molar-refractivity contribution in [2.24, 2.45) is 0 Å². The van der Waals surface area contributed by atoms with Crippen LogP contribution in [0, 0.1) is 5.82 Å². The lowest BCUT2D eigenvalue weighted by Crippen LogP contribution is -2.36. The summed E-state index contributed by atoms with van der Waals surface area (Å²) in [7, 11) is 0. The first-order chi connectivity index (χ1) is 10.0. The van der Waals surface area contributed by atoms with Gasteiger partial charge in [-0.2, -0.15) is 0 Å². The largest absolute Gasteiger partial charge is 0.448 e. The summed E-state index contributed by atoms with van der Waals surface area (Å²) in [5, 5.41) is 3.31. The number of hydrogen-bond acceptors (Lipinski definition) is 4. The molecule has 0 aliphatic rings. The smallest absolute Gasteiger partial charge is 0.349 e. The molecule has 1 aromatic carbocycles. The molecule has 0 spiro atoms. The van der Waals surface area contributed by atoms with Crippen molar-refractivity contribution in [2.45, 2.75) is 26.4 Å². The molecule has 2 aromatic rings. The molecule has 0 bridgehead atoms. The molecule has 112 valence electrons. The predicted molar refractivity (Wildman–Crippen MR) is 80.0 cm³/mol. The molecular weight excluding hydrogens is 293 g/mol. The molecular formula is C15H16FNO3S. The van der Waals surface area contributed by atoms with Gasteiger partial charge in [-0.3, -0.25) is 4.79 Å². The summed E-state index contributed by atoms with van der Waals surface area (Å²) in [5.74, 6) is -1.25. The third-order valence-electron chi connectivity index (χ3n) is 2.88. The Labute approximate surface area is 125 Å². The van der Waals surface area contributed by atoms with E-state index in [1.54, 1.807) is 12.1 Å². The van der Waals surface area contributed by atoms with Crippen LogP contribution in [-0.2, 0) is 9.53 Å². The molecule has 2 rings (SSSR count). The van der Waals surface area contributed by atoms with Crippen molar-refractivity contribution in [3.63, 3.8) is 0 Å². The molecule has 1 atom stereocenters. The van der Waals surface area contributed by atoms with E-state index in [0.29, 0.717) is 16.8 Å². The number of halogens is 1. The van der Waals surface area contributed by atoms with Crippen LogP contribution in [0.15, 0.2) is 24.3 Å². The zero-order valence-corrected chi connectivity index (χ0v) is 12.6. The summed E-state index contributed by atoms with van der Waals surface area (Å²) in [6.45, 7) is 4.01. The maximum Gasteiger partial charge on any atom is 0.349 e. The number of nitrogens with one attached hydrogen (secondary N) is 1. The lowest BCUT2D eigenvalue weighted by Gasteiger charge is -2.12. The molecule has 1 heterocycles. The van der Waals surface area contributed by atoms with Gasteiger partial charge in [0, 0.05) is 11.2 Å². The Bertz CT molecular complexity index is 668. The molecule has 0 saturated carbocycles. The Hall–Kier alpha value is -1.95. The molecule has 0 unspecified atom stereocenters. The average Bonchev–Trinajstić information content (AvgIpc) is 2.87. The minimum absolute atomic E-state index is 0.322. The van der Waals surface area contributed by atoms with Crippen LogP contribution in [0.1, 0.15) is 29.9 Å². The SMILES string of the molecule is CCCNC(=O)[C@H](C)OC(=O)c1cc2cc(F)ccc2s1. The van der Waals surface area contributed by atoms with Crippen LogP contribution in [0.3, 0.4) is 0 Å². The number of fused-ring (bicyclic) bond motifs is 1. The van der Waals surface area contributed by atoms with E-state index in [0.717, 1.165) is 11.1 Å². The van der Waals surface area contributed by atoms with Crippen molar-refractivity contribution in [3.05, 3.63) is 35.0 Å². The summed E-state index contributed by atoms with van der Waals surface area (Å²) in [6, 6.07) is 5.89. The molecule has 21 heavy (non-hydrogen) atoms. The maximum atomic E-state index is 13.1. The summed E-state index contributed by atoms with van der Waals surface area (Å²) < 4.78 is 19.0. The van der Waals surface area contributed by atoms with Gasteiger partial charge in [-0.25, -0.2) is 9.18 Å². The van der Waals surface area contributed by atoms with Crippen LogP contribution >= 0.6 is 11.3 Å². The number of hydrogen-bond donors (Lipinski definition) is 1. The fourth-order valence-corrected chi connectivity index (χ4v) is 2.70. The van der Waals surface area contributed by atoms with Crippen LogP contribution in [0.2, 0.25) is 0 Å². The van der Waals surface area contributed by atoms with Gasteiger partial charge >= 0.3 is 5.97 Å². The predicted octanol–water partition coefficient (Wildman–Crippen LogP) is 3.11. The number of benzene rings is 1. The zero-order chi connectivity index (χ0) is 15.4. The molecule has 1 N–H and O–H groups in total. The van der Waals surface area contributed by atoms with E-state index in [1.807, 2.05) is 6.92 Å². The number of carbonyl (C=O) groups excluding carboxylic acids is 2. The van der Waals surface area contributed by atoms with Gasteiger partial charge in [-0.1, -0.05) is 6.92 Å². The molecule has 0 aliphatic heterocycles. The second kappa shape index (κ2) is 6.67. The average molecular weight is 309 g/mol. The van der Waals surface area contributed by atoms with Crippen LogP contribution in [0.4, 0.5) is 4.39 Å². The Morgan fingerprint density at radius 1 is 1.38 bits per heavy atom. The number of ether oxygens (including phenoxy) is 1. The van der Waals surface area contributed by atoms with Crippen LogP contribution in [-0.4, -0.2) is 24.5 Å². The first kappa shape index (κ1) is 15.4. The summed E-state index contributed by atoms with van der Waals surface area (Å²) in [6.07, 6.45) is -0.0418. The highest BCUT2D eigenvalue weighted by Gasteiger charge is 2.20. The van der Waals surface area contributed by atoms with Gasteiger partial charge in [0.2, 0.25) is 0 Å². The van der Waals surface area contributed by atoms with Crippen molar-refractivity contribution in [1.82, 2.24) is 5.32 Å². The van der Waals surface area contributed by atoms with Crippen LogP contribution < -0.4 is 5.32 Å². The maximum absolute atomic E-state index is 13.1. The van der Waals surface area contributed by atoms with E-state index in [2.05, 4.69) is 5.32 Å². The highest BCUT2D eigenvalue weighted by Crippen LogP contribution is 2.27. The van der Waals surface area contributed by atoms with Gasteiger partial charge in [-0.15, -0.1) is 11.3 Å². The van der Waals surface area contributed by atoms with Gasteiger partial charge in [0.25, 0.3) is 5.91 Å². The van der Waals surface area contributed by atoms with Crippen molar-refractivity contribution in [2.75, 3.05) is 6.54 Å². The Balaban J connectivity index is 2.06. The third-order valence-corrected chi connectivity index (χ3v) is 3.98. The van der Waals surface area contributed by atoms with Gasteiger partial charge in [-0.05, 0) is 43.0 Å². The van der Waals surface area contributed by atoms with Gasteiger partial charge in [0.1, 0.15) is 10.7 Å². The highest BCUT2D eigenvalue weighted by atomic mass is 32.1. The van der Waals surface area contributed by atoms with E-state index in [9.17, 15) is 14.0 Å². The third kappa shape index (κ3) is 3.78. The molecule has 4 nitrogen and oxygen atoms in total. The second-order valence-corrected chi connectivity index (χ2v) is 5.72. The molecule has 1 amide bonds. The van der Waals surface area contributed by atoms with E-state index in [1.165, 1.54) is 30.4 Å². The number of carbonyl (C=O) groups is 2. The van der Waals surface area contributed by atoms with Crippen LogP contribution in [0.5, 0.6) is 0 Å². The van der Waals surface area contributed by atoms with E-state index < -0.39 is 12.1 Å². The fraction of sp³-hybridized carbons (Fsp3) is 0.333. The number of amides is 1. The normalized spacial score (nSPS) is 12.1. The summed E-state index contributed by atoms with van der Waals surface area (Å²) >= 11 is 1.21. The molecule has 0 aliphatic carbocycles. The van der Waals surface area contributed by atoms with Crippen molar-refractivity contribution in [1.29, 1.82) is 0 Å². The highest BCUT2D eigenvalue weighted by molar-refractivity contribution is 7.20. The van der Waals surface area contributed by atoms with Crippen molar-refractivity contribution >= 4 is 33.3 Å². The molecule has 0 saturated heterocycles. The first-order valence-electron chi connectivity index (χ1n) is 6.69. The molecule has 0 radical (unpaired) electrons. The van der Waals surface area contributed by atoms with E-state index in [-0.39, 0.29) is 11.7 Å². The Kier molecular flexibility index (Phi) is 4.90. The minimum atomic E-state index is -0.856. The van der Waals surface area contributed by atoms with E-state index >= 15 is 0 Å². The number of rotatable bonds is 5. The number of thiophene rings is 1. The lowest BCUT2D eigenvalue weighted by molar-refractivity contribution is -0.129. The summed E-state index contributed by atoms with van der Waals surface area (Å²) in [5.41, 5.74) is 0. The Morgan fingerprint density at radius 2 is 2.14 bits per heavy atom. The second-order valence-electron chi connectivity index (χ2n) is 4.63. The monoisotopic (exact) mass is 309 g/mol. The summed E-state index contributed by atoms with van der Waals surface area (Å²) in [4.78, 5) is 24.0. The Morgan fingerprint density at radius 3 is 2.86 bits per heavy atom. The first-order valence-corrected chi connectivity index (χ1v) is 7.50. The van der Waals surface area contributed by atoms with Crippen molar-refractivity contribution in [3.8, 4) is 0 Å². The zero-order valence-electron chi connectivity index (χ0n) is 11.8. The lowest BCUT2D eigenvalue weighted by atomic mass is 10.2. The topological polar surface area (TPSA) is 55.4 Å². The number of esters is 1. The minimum Gasteiger partial charge on any atom is -0.448 e. The van der Waals surface area contributed by atoms with Crippen molar-refractivity contribution < 1.29 is 18.7 Å². The quantitative estimate of drug-likeness (QED) is 0.863. The molecule has 0 fully saturated rings. The molecule has 1 aromatic heterocycles. The van der Waals surface area contributed by atoms with Gasteiger partial charge in [0.05, 0.1) is 0 Å². The van der Waals surface area contributed by atoms with Gasteiger partial charge in [0.15, 0.2) is 6.10 Å². The van der Waals surface area contributed by atoms with Crippen LogP contribution in [0.25, 0.3) is 10.1 Å². The molecule has 6 heteroatoms. The standard InChI is InChI=1S/C15H16FNO3S/c1-3-6-17-14(18)9(2)20-15(19)13-8-10-7-11(16)4-5-12(10)21-13/h4-5,7-9H,3,6H2,1-2H3,(H,17,18)/t9-/m0/s1. The van der Waals surface area contributed by atoms with Gasteiger partial charge < -0.3 is 10.1 Å². The van der Waals surface area contributed by atoms with E-state index in [4.69, 9.17) is 4.74 Å². The fourth-order valence-electron chi connectivity index (χ4n) is 1.78.